The fourth-order valence-electron chi connectivity index (χ4n) is 2.98. The van der Waals surface area contributed by atoms with E-state index in [4.69, 9.17) is 4.74 Å². The minimum absolute atomic E-state index is 0.100. The zero-order chi connectivity index (χ0) is 23.6. The van der Waals surface area contributed by atoms with Gasteiger partial charge in [0.1, 0.15) is 11.3 Å². The van der Waals surface area contributed by atoms with Gasteiger partial charge < -0.3 is 14.7 Å². The van der Waals surface area contributed by atoms with E-state index >= 15 is 0 Å². The van der Waals surface area contributed by atoms with Crippen molar-refractivity contribution in [3.05, 3.63) is 34.6 Å². The van der Waals surface area contributed by atoms with Gasteiger partial charge in [0.2, 0.25) is 0 Å². The van der Waals surface area contributed by atoms with Gasteiger partial charge in [-0.05, 0) is 49.2 Å². The van der Waals surface area contributed by atoms with Crippen LogP contribution in [0.2, 0.25) is 0 Å². The molecule has 1 aromatic heterocycles. The van der Waals surface area contributed by atoms with E-state index in [1.165, 1.54) is 11.0 Å². The van der Waals surface area contributed by atoms with Crippen molar-refractivity contribution in [2.24, 2.45) is 0 Å². The highest BCUT2D eigenvalue weighted by Crippen LogP contribution is 2.41. The lowest BCUT2D eigenvalue weighted by atomic mass is 9.86. The topological polar surface area (TPSA) is 109 Å². The molecule has 0 bridgehead atoms. The summed E-state index contributed by atoms with van der Waals surface area (Å²) in [6.07, 6.45) is 0.0767. The maximum absolute atomic E-state index is 13.4. The molecule has 2 N–H and O–H groups in total. The van der Waals surface area contributed by atoms with Gasteiger partial charge in [-0.25, -0.2) is 23.4 Å². The maximum Gasteiger partial charge on any atom is 0.412 e. The van der Waals surface area contributed by atoms with Crippen molar-refractivity contribution in [1.29, 1.82) is 0 Å². The second-order valence-electron chi connectivity index (χ2n) is 8.14. The molecule has 170 valence electrons. The fraction of sp³-hybridized carbons (Fsp3) is 0.500. The molecule has 1 aliphatic rings. The number of carboxylic acid groups (broad SMARTS) is 1. The van der Waals surface area contributed by atoms with Gasteiger partial charge in [0, 0.05) is 25.4 Å². The number of pyridine rings is 1. The van der Waals surface area contributed by atoms with E-state index in [1.807, 2.05) is 0 Å². The van der Waals surface area contributed by atoms with Crippen LogP contribution >= 0.6 is 15.9 Å². The van der Waals surface area contributed by atoms with Gasteiger partial charge in [-0.1, -0.05) is 6.08 Å². The number of hydrogen-bond donors (Lipinski definition) is 2. The second-order valence-corrected chi connectivity index (χ2v) is 9.00. The highest BCUT2D eigenvalue weighted by molar-refractivity contribution is 9.10. The summed E-state index contributed by atoms with van der Waals surface area (Å²) in [5, 5.41) is 11.8. The average Bonchev–Trinajstić information content (AvgIpc) is 2.58. The average molecular weight is 504 g/mol. The van der Waals surface area contributed by atoms with E-state index in [9.17, 15) is 28.3 Å². The minimum Gasteiger partial charge on any atom is -0.476 e. The van der Waals surface area contributed by atoms with Crippen LogP contribution in [-0.2, 0) is 4.74 Å². The third kappa shape index (κ3) is 6.46. The van der Waals surface area contributed by atoms with Crippen LogP contribution in [-0.4, -0.2) is 57.1 Å². The summed E-state index contributed by atoms with van der Waals surface area (Å²) in [6, 6.07) is 0.526. The number of rotatable bonds is 7. The zero-order valence-electron chi connectivity index (χ0n) is 17.4. The molecule has 2 amide bonds. The fourth-order valence-corrected chi connectivity index (χ4v) is 3.46. The minimum atomic E-state index is -2.84. The van der Waals surface area contributed by atoms with E-state index in [0.717, 1.165) is 0 Å². The molecular weight excluding hydrogens is 480 g/mol. The predicted molar refractivity (Wildman–Crippen MR) is 113 cm³/mol. The molecule has 1 fully saturated rings. The lowest BCUT2D eigenvalue weighted by molar-refractivity contribution is -0.116. The Morgan fingerprint density at radius 3 is 2.48 bits per heavy atom. The van der Waals surface area contributed by atoms with Crippen LogP contribution in [0.15, 0.2) is 23.2 Å². The SMILES string of the molecule is C=CCCN(C(=O)c1nc(C(=O)O)c(NC(=O)OC(C)(C)C)cc1Br)C1CC(F)(F)C1. The van der Waals surface area contributed by atoms with E-state index in [-0.39, 0.29) is 22.4 Å². The highest BCUT2D eigenvalue weighted by atomic mass is 79.9. The number of alkyl halides is 2. The Labute approximate surface area is 186 Å². The number of aromatic carboxylic acids is 1. The van der Waals surface area contributed by atoms with Crippen LogP contribution in [0.5, 0.6) is 0 Å². The van der Waals surface area contributed by atoms with Crippen LogP contribution < -0.4 is 5.32 Å². The number of carbonyl (C=O) groups excluding carboxylic acids is 2. The van der Waals surface area contributed by atoms with Crippen molar-refractivity contribution in [2.45, 2.75) is 57.6 Å². The molecule has 31 heavy (non-hydrogen) atoms. The van der Waals surface area contributed by atoms with Crippen LogP contribution in [0.3, 0.4) is 0 Å². The first kappa shape index (κ1) is 24.7. The van der Waals surface area contributed by atoms with E-state index < -0.39 is 54.1 Å². The molecule has 0 radical (unpaired) electrons. The van der Waals surface area contributed by atoms with Gasteiger partial charge in [-0.3, -0.25) is 10.1 Å². The van der Waals surface area contributed by atoms with Crippen molar-refractivity contribution in [1.82, 2.24) is 9.88 Å². The number of hydrogen-bond acceptors (Lipinski definition) is 5. The van der Waals surface area contributed by atoms with Crippen molar-refractivity contribution in [3.8, 4) is 0 Å². The highest BCUT2D eigenvalue weighted by Gasteiger charge is 2.49. The monoisotopic (exact) mass is 503 g/mol. The first-order chi connectivity index (χ1) is 14.2. The zero-order valence-corrected chi connectivity index (χ0v) is 19.0. The van der Waals surface area contributed by atoms with Gasteiger partial charge in [0.05, 0.1) is 10.2 Å². The maximum atomic E-state index is 13.4. The molecule has 0 atom stereocenters. The van der Waals surface area contributed by atoms with Gasteiger partial charge in [0.25, 0.3) is 11.8 Å². The number of amides is 2. The summed E-state index contributed by atoms with van der Waals surface area (Å²) in [6.45, 7) is 8.64. The summed E-state index contributed by atoms with van der Waals surface area (Å²) in [7, 11) is 0. The predicted octanol–water partition coefficient (Wildman–Crippen LogP) is 4.71. The Balaban J connectivity index is 2.35. The van der Waals surface area contributed by atoms with Crippen LogP contribution in [0, 0.1) is 0 Å². The number of carbonyl (C=O) groups is 3. The molecule has 2 rings (SSSR count). The smallest absolute Gasteiger partial charge is 0.412 e. The largest absolute Gasteiger partial charge is 0.476 e. The normalized spacial score (nSPS) is 15.5. The summed E-state index contributed by atoms with van der Waals surface area (Å²) < 4.78 is 31.9. The van der Waals surface area contributed by atoms with Gasteiger partial charge in [-0.2, -0.15) is 0 Å². The molecule has 0 saturated heterocycles. The summed E-state index contributed by atoms with van der Waals surface area (Å²) in [4.78, 5) is 41.9. The lowest BCUT2D eigenvalue weighted by Crippen LogP contribution is -2.53. The number of carboxylic acids is 1. The van der Waals surface area contributed by atoms with Crippen molar-refractivity contribution < 1.29 is 33.0 Å². The number of halogens is 3. The molecule has 11 heteroatoms. The van der Waals surface area contributed by atoms with E-state index in [2.05, 4.69) is 32.8 Å². The number of anilines is 1. The lowest BCUT2D eigenvalue weighted by Gasteiger charge is -2.42. The molecule has 1 heterocycles. The van der Waals surface area contributed by atoms with Crippen molar-refractivity contribution in [2.75, 3.05) is 11.9 Å². The first-order valence-electron chi connectivity index (χ1n) is 9.47. The second kappa shape index (κ2) is 9.29. The standard InChI is InChI=1S/C20H24BrF2N3O5/c1-5-6-7-26(11-9-20(22,23)10-11)16(27)14-12(21)8-13(15(25-14)17(28)29)24-18(30)31-19(2,3)4/h5,8,11H,1,6-7,9-10H2,2-4H3,(H,24,30)(H,28,29). The Bertz CT molecular complexity index is 894. The number of ether oxygens (including phenoxy) is 1. The molecule has 0 spiro atoms. The Morgan fingerprint density at radius 1 is 1.39 bits per heavy atom. The van der Waals surface area contributed by atoms with Gasteiger partial charge in [0.15, 0.2) is 5.69 Å². The van der Waals surface area contributed by atoms with E-state index in [0.29, 0.717) is 6.42 Å². The van der Waals surface area contributed by atoms with Crippen molar-refractivity contribution >= 4 is 39.6 Å². The molecule has 0 unspecified atom stereocenters. The molecule has 0 aromatic carbocycles. The number of nitrogens with zero attached hydrogens (tertiary/aromatic N) is 2. The third-order valence-electron chi connectivity index (χ3n) is 4.36. The van der Waals surface area contributed by atoms with Crippen LogP contribution in [0.1, 0.15) is 61.0 Å². The molecule has 1 aliphatic carbocycles. The quantitative estimate of drug-likeness (QED) is 0.521. The van der Waals surface area contributed by atoms with Gasteiger partial charge in [-0.15, -0.1) is 6.58 Å². The van der Waals surface area contributed by atoms with Gasteiger partial charge >= 0.3 is 12.1 Å². The number of aromatic nitrogens is 1. The molecule has 8 nitrogen and oxygen atoms in total. The molecule has 1 aromatic rings. The molecule has 1 saturated carbocycles. The summed E-state index contributed by atoms with van der Waals surface area (Å²) in [5.74, 6) is -5.02. The van der Waals surface area contributed by atoms with Crippen LogP contribution in [0.25, 0.3) is 0 Å². The van der Waals surface area contributed by atoms with Crippen LogP contribution in [0.4, 0.5) is 19.3 Å². The molecular formula is C20H24BrF2N3O5. The Morgan fingerprint density at radius 2 is 2.00 bits per heavy atom. The number of nitrogens with one attached hydrogen (secondary N) is 1. The molecule has 0 aliphatic heterocycles. The Hall–Kier alpha value is -2.56. The Kier molecular flexibility index (Phi) is 7.40. The summed E-state index contributed by atoms with van der Waals surface area (Å²) >= 11 is 3.17. The third-order valence-corrected chi connectivity index (χ3v) is 4.97. The first-order valence-corrected chi connectivity index (χ1v) is 10.3. The van der Waals surface area contributed by atoms with Crippen molar-refractivity contribution in [3.63, 3.8) is 0 Å². The summed E-state index contributed by atoms with van der Waals surface area (Å²) in [5.41, 5.74) is -1.84. The van der Waals surface area contributed by atoms with E-state index in [1.54, 1.807) is 26.8 Å².